The van der Waals surface area contributed by atoms with Crippen LogP contribution in [-0.2, 0) is 23.9 Å². The van der Waals surface area contributed by atoms with Crippen LogP contribution >= 0.6 is 0 Å². The van der Waals surface area contributed by atoms with Crippen molar-refractivity contribution in [2.24, 2.45) is 5.92 Å². The average molecular weight is 606 g/mol. The number of rotatable bonds is 29. The van der Waals surface area contributed by atoms with Crippen molar-refractivity contribution in [2.75, 3.05) is 13.2 Å². The molecule has 0 saturated carbocycles. The van der Waals surface area contributed by atoms with Gasteiger partial charge in [0, 0.05) is 30.4 Å². The van der Waals surface area contributed by atoms with Crippen LogP contribution in [0.25, 0.3) is 0 Å². The number of carboxylic acid groups (broad SMARTS) is 2. The summed E-state index contributed by atoms with van der Waals surface area (Å²) in [6.07, 6.45) is 25.5. The van der Waals surface area contributed by atoms with Crippen LogP contribution in [0.5, 0.6) is 0 Å². The van der Waals surface area contributed by atoms with Gasteiger partial charge in [0.25, 0.3) is 0 Å². The summed E-state index contributed by atoms with van der Waals surface area (Å²) >= 11 is 0. The average Bonchev–Trinajstić information content (AvgIpc) is 2.95. The van der Waals surface area contributed by atoms with Gasteiger partial charge in [-0.05, 0) is 25.7 Å². The first-order chi connectivity index (χ1) is 20.3. The second-order valence-electron chi connectivity index (χ2n) is 11.2. The molecular formula is C34H57Li2NO7. The van der Waals surface area contributed by atoms with Crippen LogP contribution < -0.4 is 53.3 Å². The van der Waals surface area contributed by atoms with Gasteiger partial charge in [0.1, 0.15) is 6.61 Å². The van der Waals surface area contributed by atoms with E-state index in [0.717, 1.165) is 38.5 Å². The Labute approximate surface area is 291 Å². The van der Waals surface area contributed by atoms with Crippen LogP contribution in [-0.4, -0.2) is 37.0 Å². The Morgan fingerprint density at radius 3 is 1.64 bits per heavy atom. The predicted octanol–water partition coefficient (Wildman–Crippen LogP) is -0.516. The molecule has 0 rings (SSSR count). The normalized spacial score (nSPS) is 11.8. The van der Waals surface area contributed by atoms with E-state index in [4.69, 9.17) is 4.74 Å². The quantitative estimate of drug-likeness (QED) is 0.0399. The van der Waals surface area contributed by atoms with E-state index in [2.05, 4.69) is 19.2 Å². The first-order valence-electron chi connectivity index (χ1n) is 16.5. The zero-order valence-electron chi connectivity index (χ0n) is 28.4. The smallest absolute Gasteiger partial charge is 0.550 e. The van der Waals surface area contributed by atoms with E-state index in [9.17, 15) is 29.4 Å². The molecule has 0 saturated heterocycles. The molecule has 0 fully saturated rings. The Bertz CT molecular complexity index is 802. The Morgan fingerprint density at radius 2 is 1.16 bits per heavy atom. The van der Waals surface area contributed by atoms with Gasteiger partial charge in [-0.2, -0.15) is 0 Å². The largest absolute Gasteiger partial charge is 1.00 e. The molecule has 0 radical (unpaired) electrons. The number of allylic oxidation sites excluding steroid dienone is 2. The minimum Gasteiger partial charge on any atom is -0.550 e. The summed E-state index contributed by atoms with van der Waals surface area (Å²) in [5, 5.41) is 24.8. The second kappa shape index (κ2) is 34.4. The summed E-state index contributed by atoms with van der Waals surface area (Å²) in [4.78, 5) is 47.2. The van der Waals surface area contributed by atoms with Crippen molar-refractivity contribution in [1.82, 2.24) is 5.32 Å². The number of carbonyl (C=O) groups excluding carboxylic acids is 4. The van der Waals surface area contributed by atoms with Gasteiger partial charge in [-0.3, -0.25) is 9.59 Å². The Balaban J connectivity index is -0.00000840. The van der Waals surface area contributed by atoms with Gasteiger partial charge >= 0.3 is 43.7 Å². The number of aliphatic carboxylic acids is 2. The molecular weight excluding hydrogens is 548 g/mol. The summed E-state index contributed by atoms with van der Waals surface area (Å²) in [6.45, 7) is 4.22. The Morgan fingerprint density at radius 1 is 0.682 bits per heavy atom. The molecule has 0 bridgehead atoms. The topological polar surface area (TPSA) is 136 Å². The standard InChI is InChI=1S/C34H59NO7.2Li/c1-3-5-7-9-11-13-15-17-19-21-23-29(27-31(36)37)33(40)35-25-26-42-34(41)30(28-32(38)39)24-22-20-18-16-14-12-10-8-6-4-2;;/h22-24,30H,3-21,25-28H2,1-2H3,(H,35,40)(H,36,37)(H,38,39);;/q;2*+1/p-2. The molecule has 1 atom stereocenters. The fraction of sp³-hybridized carbons (Fsp3) is 0.765. The third kappa shape index (κ3) is 30.6. The minimum atomic E-state index is -1.34. The van der Waals surface area contributed by atoms with Crippen LogP contribution in [0.3, 0.4) is 0 Å². The number of amides is 1. The SMILES string of the molecule is CCCCCCCCCCC=CC(CC(=O)[O-])C(=O)OCCNC(=O)C(=CCCCCCCCCCCC)CC(=O)[O-].[Li+].[Li+]. The molecule has 0 heterocycles. The zero-order valence-corrected chi connectivity index (χ0v) is 28.4. The van der Waals surface area contributed by atoms with E-state index in [1.54, 1.807) is 12.2 Å². The van der Waals surface area contributed by atoms with Crippen LogP contribution in [0.4, 0.5) is 0 Å². The summed E-state index contributed by atoms with van der Waals surface area (Å²) in [5.74, 6) is -4.87. The van der Waals surface area contributed by atoms with Gasteiger partial charge in [0.05, 0.1) is 12.5 Å². The van der Waals surface area contributed by atoms with Crippen molar-refractivity contribution >= 4 is 23.8 Å². The molecule has 0 spiro atoms. The van der Waals surface area contributed by atoms with Gasteiger partial charge in [-0.15, -0.1) is 0 Å². The first kappa shape index (κ1) is 47.0. The minimum absolute atomic E-state index is 0. The van der Waals surface area contributed by atoms with Crippen molar-refractivity contribution in [3.63, 3.8) is 0 Å². The molecule has 0 aromatic heterocycles. The van der Waals surface area contributed by atoms with Crippen molar-refractivity contribution < 1.29 is 71.8 Å². The monoisotopic (exact) mass is 605 g/mol. The molecule has 1 amide bonds. The van der Waals surface area contributed by atoms with E-state index in [0.29, 0.717) is 6.42 Å². The van der Waals surface area contributed by atoms with Crippen LogP contribution in [0.15, 0.2) is 23.8 Å². The fourth-order valence-corrected chi connectivity index (χ4v) is 4.73. The fourth-order valence-electron chi connectivity index (χ4n) is 4.73. The predicted molar refractivity (Wildman–Crippen MR) is 163 cm³/mol. The molecule has 0 aromatic rings. The van der Waals surface area contributed by atoms with Crippen molar-refractivity contribution in [1.29, 1.82) is 0 Å². The van der Waals surface area contributed by atoms with E-state index in [-0.39, 0.29) is 56.4 Å². The number of ether oxygens (including phenoxy) is 1. The number of nitrogens with one attached hydrogen (secondary N) is 1. The van der Waals surface area contributed by atoms with Crippen LogP contribution in [0.1, 0.15) is 149 Å². The van der Waals surface area contributed by atoms with E-state index >= 15 is 0 Å². The number of unbranched alkanes of at least 4 members (excludes halogenated alkanes) is 17. The summed E-state index contributed by atoms with van der Waals surface area (Å²) in [5.41, 5.74) is 0.125. The summed E-state index contributed by atoms with van der Waals surface area (Å²) in [6, 6.07) is 0. The third-order valence-corrected chi connectivity index (χ3v) is 7.24. The van der Waals surface area contributed by atoms with Crippen molar-refractivity contribution in [3.05, 3.63) is 23.8 Å². The maximum atomic E-state index is 12.5. The third-order valence-electron chi connectivity index (χ3n) is 7.24. The van der Waals surface area contributed by atoms with Crippen LogP contribution in [0, 0.1) is 5.92 Å². The molecule has 44 heavy (non-hydrogen) atoms. The maximum Gasteiger partial charge on any atom is 1.00 e. The molecule has 0 aliphatic heterocycles. The molecule has 242 valence electrons. The van der Waals surface area contributed by atoms with Gasteiger partial charge in [-0.1, -0.05) is 128 Å². The molecule has 0 aliphatic carbocycles. The molecule has 10 heteroatoms. The van der Waals surface area contributed by atoms with Crippen molar-refractivity contribution in [2.45, 2.75) is 149 Å². The summed E-state index contributed by atoms with van der Waals surface area (Å²) in [7, 11) is 0. The van der Waals surface area contributed by atoms with E-state index in [1.165, 1.54) is 77.0 Å². The molecule has 1 N–H and O–H groups in total. The van der Waals surface area contributed by atoms with E-state index < -0.39 is 42.6 Å². The van der Waals surface area contributed by atoms with Crippen LogP contribution in [0.2, 0.25) is 0 Å². The summed E-state index contributed by atoms with van der Waals surface area (Å²) < 4.78 is 5.18. The number of hydrogen-bond acceptors (Lipinski definition) is 7. The van der Waals surface area contributed by atoms with E-state index in [1.807, 2.05) is 6.08 Å². The Kier molecular flexibility index (Phi) is 36.7. The van der Waals surface area contributed by atoms with Gasteiger partial charge < -0.3 is 29.9 Å². The van der Waals surface area contributed by atoms with Crippen molar-refractivity contribution in [3.8, 4) is 0 Å². The number of carbonyl (C=O) groups is 4. The number of carboxylic acids is 2. The Hall–Kier alpha value is -1.45. The molecule has 1 unspecified atom stereocenters. The molecule has 8 nitrogen and oxygen atoms in total. The molecule has 0 aliphatic rings. The van der Waals surface area contributed by atoms with Gasteiger partial charge in [0.15, 0.2) is 0 Å². The maximum absolute atomic E-state index is 12.5. The zero-order chi connectivity index (χ0) is 31.3. The second-order valence-corrected chi connectivity index (χ2v) is 11.2. The number of hydrogen-bond donors (Lipinski definition) is 1. The first-order valence-corrected chi connectivity index (χ1v) is 16.5. The number of esters is 1. The van der Waals surface area contributed by atoms with Gasteiger partial charge in [0.2, 0.25) is 5.91 Å². The van der Waals surface area contributed by atoms with Gasteiger partial charge in [-0.25, -0.2) is 0 Å². The molecule has 0 aromatic carbocycles.